The van der Waals surface area contributed by atoms with Gasteiger partial charge in [-0.2, -0.15) is 0 Å². The highest BCUT2D eigenvalue weighted by atomic mass is 19.1. The molecule has 0 aliphatic heterocycles. The number of halogens is 1. The summed E-state index contributed by atoms with van der Waals surface area (Å²) in [5, 5.41) is 2.85. The molecule has 2 aromatic rings. The standard InChI is InChI=1S/C17H21FN2O3/c1-12-15(11-16(21)19-9-3-4-10-22-2)20-17(23-12)13-5-7-14(18)8-6-13/h5-8H,3-4,9-11H2,1-2H3,(H,19,21). The SMILES string of the molecule is COCCCCNC(=O)Cc1nc(-c2ccc(F)cc2)oc1C. The summed E-state index contributed by atoms with van der Waals surface area (Å²) in [6.45, 7) is 3.07. The van der Waals surface area contributed by atoms with Gasteiger partial charge in [-0.25, -0.2) is 9.37 Å². The van der Waals surface area contributed by atoms with E-state index in [0.29, 0.717) is 36.1 Å². The van der Waals surface area contributed by atoms with Crippen molar-refractivity contribution in [2.75, 3.05) is 20.3 Å². The lowest BCUT2D eigenvalue weighted by atomic mass is 10.2. The molecule has 0 aliphatic rings. The number of aromatic nitrogens is 1. The minimum atomic E-state index is -0.315. The van der Waals surface area contributed by atoms with E-state index >= 15 is 0 Å². The van der Waals surface area contributed by atoms with Crippen LogP contribution in [-0.4, -0.2) is 31.2 Å². The predicted octanol–water partition coefficient (Wildman–Crippen LogP) is 2.87. The summed E-state index contributed by atoms with van der Waals surface area (Å²) in [4.78, 5) is 16.3. The molecule has 5 nitrogen and oxygen atoms in total. The first-order chi connectivity index (χ1) is 11.1. The second-order valence-corrected chi connectivity index (χ2v) is 5.26. The average molecular weight is 320 g/mol. The fourth-order valence-corrected chi connectivity index (χ4v) is 2.12. The number of hydrogen-bond acceptors (Lipinski definition) is 4. The van der Waals surface area contributed by atoms with E-state index in [-0.39, 0.29) is 18.1 Å². The molecular formula is C17H21FN2O3. The van der Waals surface area contributed by atoms with E-state index in [9.17, 15) is 9.18 Å². The Balaban J connectivity index is 1.90. The zero-order chi connectivity index (χ0) is 16.7. The quantitative estimate of drug-likeness (QED) is 0.760. The molecule has 1 N–H and O–H groups in total. The molecule has 1 amide bonds. The lowest BCUT2D eigenvalue weighted by Gasteiger charge is -2.03. The Kier molecular flexibility index (Phi) is 6.29. The molecule has 0 saturated heterocycles. The molecule has 1 aromatic carbocycles. The van der Waals surface area contributed by atoms with E-state index in [1.807, 2.05) is 0 Å². The van der Waals surface area contributed by atoms with Crippen molar-refractivity contribution in [2.24, 2.45) is 0 Å². The van der Waals surface area contributed by atoms with Gasteiger partial charge in [0.25, 0.3) is 0 Å². The summed E-state index contributed by atoms with van der Waals surface area (Å²) < 4.78 is 23.5. The third kappa shape index (κ3) is 5.17. The maximum absolute atomic E-state index is 12.9. The Hall–Kier alpha value is -2.21. The van der Waals surface area contributed by atoms with Crippen LogP contribution in [0, 0.1) is 12.7 Å². The van der Waals surface area contributed by atoms with Gasteiger partial charge in [0, 0.05) is 25.8 Å². The van der Waals surface area contributed by atoms with Gasteiger partial charge in [-0.15, -0.1) is 0 Å². The highest BCUT2D eigenvalue weighted by Crippen LogP contribution is 2.22. The molecule has 0 radical (unpaired) electrons. The Morgan fingerprint density at radius 3 is 2.74 bits per heavy atom. The lowest BCUT2D eigenvalue weighted by molar-refractivity contribution is -0.120. The highest BCUT2D eigenvalue weighted by molar-refractivity contribution is 5.78. The van der Waals surface area contributed by atoms with E-state index in [0.717, 1.165) is 12.8 Å². The predicted molar refractivity (Wildman–Crippen MR) is 84.5 cm³/mol. The minimum absolute atomic E-state index is 0.0931. The number of aryl methyl sites for hydroxylation is 1. The molecule has 0 fully saturated rings. The number of benzene rings is 1. The lowest BCUT2D eigenvalue weighted by Crippen LogP contribution is -2.26. The molecule has 6 heteroatoms. The Morgan fingerprint density at radius 1 is 1.30 bits per heavy atom. The first-order valence-electron chi connectivity index (χ1n) is 7.58. The third-order valence-electron chi connectivity index (χ3n) is 3.41. The van der Waals surface area contributed by atoms with E-state index in [1.165, 1.54) is 12.1 Å². The number of carbonyl (C=O) groups excluding carboxylic acids is 1. The summed E-state index contributed by atoms with van der Waals surface area (Å²) in [5.41, 5.74) is 1.28. The van der Waals surface area contributed by atoms with Crippen LogP contribution in [0.5, 0.6) is 0 Å². The molecule has 2 rings (SSSR count). The Bertz CT molecular complexity index is 638. The highest BCUT2D eigenvalue weighted by Gasteiger charge is 2.14. The molecule has 0 bridgehead atoms. The van der Waals surface area contributed by atoms with Crippen molar-refractivity contribution < 1.29 is 18.3 Å². The number of nitrogens with zero attached hydrogens (tertiary/aromatic N) is 1. The number of hydrogen-bond donors (Lipinski definition) is 1. The van der Waals surface area contributed by atoms with Crippen molar-refractivity contribution in [3.05, 3.63) is 41.5 Å². The van der Waals surface area contributed by atoms with E-state index < -0.39 is 0 Å². The largest absolute Gasteiger partial charge is 0.441 e. The Labute approximate surface area is 134 Å². The van der Waals surface area contributed by atoms with Crippen LogP contribution in [0.4, 0.5) is 4.39 Å². The zero-order valence-electron chi connectivity index (χ0n) is 13.4. The normalized spacial score (nSPS) is 10.7. The Morgan fingerprint density at radius 2 is 2.04 bits per heavy atom. The number of amides is 1. The number of rotatable bonds is 8. The van der Waals surface area contributed by atoms with Crippen molar-refractivity contribution in [1.82, 2.24) is 10.3 Å². The topological polar surface area (TPSA) is 64.4 Å². The molecule has 0 spiro atoms. The van der Waals surface area contributed by atoms with Crippen LogP contribution in [-0.2, 0) is 16.0 Å². The van der Waals surface area contributed by atoms with Gasteiger partial charge in [0.2, 0.25) is 11.8 Å². The van der Waals surface area contributed by atoms with Crippen molar-refractivity contribution in [2.45, 2.75) is 26.2 Å². The molecule has 1 heterocycles. The van der Waals surface area contributed by atoms with Crippen LogP contribution in [0.1, 0.15) is 24.3 Å². The minimum Gasteiger partial charge on any atom is -0.441 e. The zero-order valence-corrected chi connectivity index (χ0v) is 13.4. The summed E-state index contributed by atoms with van der Waals surface area (Å²) in [6.07, 6.45) is 1.95. The number of oxazole rings is 1. The van der Waals surface area contributed by atoms with Gasteiger partial charge in [-0.3, -0.25) is 4.79 Å². The number of unbranched alkanes of at least 4 members (excludes halogenated alkanes) is 1. The van der Waals surface area contributed by atoms with Crippen molar-refractivity contribution in [1.29, 1.82) is 0 Å². The van der Waals surface area contributed by atoms with Crippen LogP contribution in [0.2, 0.25) is 0 Å². The smallest absolute Gasteiger partial charge is 0.226 e. The van der Waals surface area contributed by atoms with Crippen LogP contribution in [0.15, 0.2) is 28.7 Å². The monoisotopic (exact) mass is 320 g/mol. The summed E-state index contributed by atoms with van der Waals surface area (Å²) in [5.74, 6) is 0.582. The number of carbonyl (C=O) groups is 1. The molecule has 23 heavy (non-hydrogen) atoms. The first kappa shape index (κ1) is 17.1. The van der Waals surface area contributed by atoms with Crippen LogP contribution in [0.25, 0.3) is 11.5 Å². The molecule has 1 aromatic heterocycles. The van der Waals surface area contributed by atoms with Gasteiger partial charge < -0.3 is 14.5 Å². The van der Waals surface area contributed by atoms with E-state index in [4.69, 9.17) is 9.15 Å². The molecular weight excluding hydrogens is 299 g/mol. The maximum atomic E-state index is 12.9. The van der Waals surface area contributed by atoms with E-state index in [1.54, 1.807) is 26.2 Å². The van der Waals surface area contributed by atoms with Crippen molar-refractivity contribution in [3.63, 3.8) is 0 Å². The van der Waals surface area contributed by atoms with E-state index in [2.05, 4.69) is 10.3 Å². The third-order valence-corrected chi connectivity index (χ3v) is 3.41. The molecule has 0 aliphatic carbocycles. The second-order valence-electron chi connectivity index (χ2n) is 5.26. The first-order valence-corrected chi connectivity index (χ1v) is 7.58. The van der Waals surface area contributed by atoms with Gasteiger partial charge >= 0.3 is 0 Å². The van der Waals surface area contributed by atoms with Crippen molar-refractivity contribution in [3.8, 4) is 11.5 Å². The summed E-state index contributed by atoms with van der Waals surface area (Å²) >= 11 is 0. The number of nitrogens with one attached hydrogen (secondary N) is 1. The number of methoxy groups -OCH3 is 1. The van der Waals surface area contributed by atoms with Gasteiger partial charge in [-0.1, -0.05) is 0 Å². The van der Waals surface area contributed by atoms with Crippen LogP contribution >= 0.6 is 0 Å². The van der Waals surface area contributed by atoms with Crippen molar-refractivity contribution >= 4 is 5.91 Å². The fourth-order valence-electron chi connectivity index (χ4n) is 2.12. The van der Waals surface area contributed by atoms with Gasteiger partial charge in [0.1, 0.15) is 11.6 Å². The van der Waals surface area contributed by atoms with Gasteiger partial charge in [-0.05, 0) is 44.0 Å². The molecule has 0 unspecified atom stereocenters. The van der Waals surface area contributed by atoms with Gasteiger partial charge in [0.05, 0.1) is 12.1 Å². The molecule has 124 valence electrons. The fraction of sp³-hybridized carbons (Fsp3) is 0.412. The summed E-state index contributed by atoms with van der Waals surface area (Å²) in [6, 6.07) is 5.89. The second kappa shape index (κ2) is 8.43. The number of ether oxygens (including phenoxy) is 1. The molecule has 0 atom stereocenters. The molecule has 0 saturated carbocycles. The maximum Gasteiger partial charge on any atom is 0.226 e. The summed E-state index contributed by atoms with van der Waals surface area (Å²) in [7, 11) is 1.66. The average Bonchev–Trinajstić information content (AvgIpc) is 2.89. The van der Waals surface area contributed by atoms with Gasteiger partial charge in [0.15, 0.2) is 0 Å². The van der Waals surface area contributed by atoms with Crippen LogP contribution in [0.3, 0.4) is 0 Å². The van der Waals surface area contributed by atoms with Crippen LogP contribution < -0.4 is 5.32 Å².